The summed E-state index contributed by atoms with van der Waals surface area (Å²) in [5.74, 6) is 0. The lowest BCUT2D eigenvalue weighted by Crippen LogP contribution is -2.38. The Kier molecular flexibility index (Phi) is 4.34. The van der Waals surface area contributed by atoms with Gasteiger partial charge in [-0.3, -0.25) is 9.36 Å². The van der Waals surface area contributed by atoms with Crippen molar-refractivity contribution in [2.45, 2.75) is 32.9 Å². The molecule has 0 fully saturated rings. The summed E-state index contributed by atoms with van der Waals surface area (Å²) in [6.07, 6.45) is 3.21. The van der Waals surface area contributed by atoms with Crippen LogP contribution in [0.5, 0.6) is 0 Å². The van der Waals surface area contributed by atoms with Crippen molar-refractivity contribution < 1.29 is 0 Å². The quantitative estimate of drug-likeness (QED) is 0.818. The maximum Gasteiger partial charge on any atom is 0.330 e. The number of aromatic nitrogens is 2. The Labute approximate surface area is 111 Å². The maximum atomic E-state index is 12.0. The summed E-state index contributed by atoms with van der Waals surface area (Å²) >= 11 is 0. The minimum absolute atomic E-state index is 0.219. The maximum absolute atomic E-state index is 12.0. The molecule has 2 rings (SSSR count). The predicted octanol–water partition coefficient (Wildman–Crippen LogP) is 1.66. The minimum atomic E-state index is -0.220. The Morgan fingerprint density at radius 1 is 1.05 bits per heavy atom. The van der Waals surface area contributed by atoms with Crippen LogP contribution in [-0.2, 0) is 19.5 Å². The molecule has 0 aliphatic rings. The van der Waals surface area contributed by atoms with Gasteiger partial charge in [0.15, 0.2) is 0 Å². The number of rotatable bonds is 5. The highest BCUT2D eigenvalue weighted by Gasteiger charge is 2.03. The fourth-order valence-corrected chi connectivity index (χ4v) is 2.09. The fourth-order valence-electron chi connectivity index (χ4n) is 2.09. The van der Waals surface area contributed by atoms with Gasteiger partial charge in [0, 0.05) is 25.4 Å². The van der Waals surface area contributed by atoms with Crippen molar-refractivity contribution in [3.8, 4) is 0 Å². The molecule has 0 unspecified atom stereocenters. The highest BCUT2D eigenvalue weighted by Crippen LogP contribution is 2.02. The number of benzene rings is 1. The average Bonchev–Trinajstić information content (AvgIpc) is 2.44. The van der Waals surface area contributed by atoms with Crippen molar-refractivity contribution >= 4 is 0 Å². The molecule has 0 N–H and O–H groups in total. The second-order valence-electron chi connectivity index (χ2n) is 4.46. The van der Waals surface area contributed by atoms with Crippen LogP contribution in [0.4, 0.5) is 0 Å². The molecule has 0 bridgehead atoms. The minimum Gasteiger partial charge on any atom is -0.301 e. The molecule has 19 heavy (non-hydrogen) atoms. The number of nitrogens with zero attached hydrogens (tertiary/aromatic N) is 2. The molecule has 0 aliphatic carbocycles. The van der Waals surface area contributed by atoms with Gasteiger partial charge in [0.25, 0.3) is 5.56 Å². The highest BCUT2D eigenvalue weighted by molar-refractivity contribution is 5.14. The molecular formula is C15H18N2O2. The van der Waals surface area contributed by atoms with Crippen LogP contribution >= 0.6 is 0 Å². The molecule has 0 radical (unpaired) electrons. The Balaban J connectivity index is 2.08. The van der Waals surface area contributed by atoms with Crippen molar-refractivity contribution in [1.82, 2.24) is 9.13 Å². The summed E-state index contributed by atoms with van der Waals surface area (Å²) in [7, 11) is 0. The van der Waals surface area contributed by atoms with E-state index in [1.807, 2.05) is 25.1 Å². The van der Waals surface area contributed by atoms with E-state index in [0.717, 1.165) is 12.8 Å². The van der Waals surface area contributed by atoms with Crippen LogP contribution in [0, 0.1) is 0 Å². The average molecular weight is 258 g/mol. The Morgan fingerprint density at radius 3 is 2.47 bits per heavy atom. The standard InChI is InChI=1S/C15H18N2O2/c1-2-16-12-10-14(18)17(15(16)19)11-6-9-13-7-4-3-5-8-13/h3-5,7-8,10,12H,2,6,9,11H2,1H3. The van der Waals surface area contributed by atoms with Crippen molar-refractivity contribution in [1.29, 1.82) is 0 Å². The second-order valence-corrected chi connectivity index (χ2v) is 4.46. The lowest BCUT2D eigenvalue weighted by atomic mass is 10.1. The first-order valence-corrected chi connectivity index (χ1v) is 6.56. The molecule has 4 nitrogen and oxygen atoms in total. The van der Waals surface area contributed by atoms with Gasteiger partial charge in [-0.15, -0.1) is 0 Å². The predicted molar refractivity (Wildman–Crippen MR) is 75.4 cm³/mol. The molecule has 0 aliphatic heterocycles. The molecule has 4 heteroatoms. The molecule has 0 saturated heterocycles. The van der Waals surface area contributed by atoms with Gasteiger partial charge < -0.3 is 4.57 Å². The monoisotopic (exact) mass is 258 g/mol. The van der Waals surface area contributed by atoms with Gasteiger partial charge in [0.2, 0.25) is 0 Å². The fraction of sp³-hybridized carbons (Fsp3) is 0.333. The molecule has 0 atom stereocenters. The summed E-state index contributed by atoms with van der Waals surface area (Å²) in [6.45, 7) is 2.94. The van der Waals surface area contributed by atoms with Gasteiger partial charge in [-0.2, -0.15) is 0 Å². The van der Waals surface area contributed by atoms with Crippen LogP contribution in [0.25, 0.3) is 0 Å². The van der Waals surface area contributed by atoms with Crippen LogP contribution in [0.1, 0.15) is 18.9 Å². The Bertz CT molecular complexity index is 641. The molecule has 1 aromatic carbocycles. The van der Waals surface area contributed by atoms with Crippen LogP contribution < -0.4 is 11.2 Å². The lowest BCUT2D eigenvalue weighted by Gasteiger charge is -2.08. The second kappa shape index (κ2) is 6.18. The van der Waals surface area contributed by atoms with Crippen LogP contribution in [0.3, 0.4) is 0 Å². The summed E-state index contributed by atoms with van der Waals surface area (Å²) in [5, 5.41) is 0. The van der Waals surface area contributed by atoms with Crippen LogP contribution in [0.15, 0.2) is 52.2 Å². The summed E-state index contributed by atoms with van der Waals surface area (Å²) < 4.78 is 2.86. The SMILES string of the molecule is CCn1ccc(=O)n(CCCc2ccccc2)c1=O. The van der Waals surface area contributed by atoms with Crippen LogP contribution in [-0.4, -0.2) is 9.13 Å². The first kappa shape index (κ1) is 13.3. The summed E-state index contributed by atoms with van der Waals surface area (Å²) in [5.41, 5.74) is 0.785. The third-order valence-corrected chi connectivity index (χ3v) is 3.17. The Morgan fingerprint density at radius 2 is 1.79 bits per heavy atom. The molecule has 0 saturated carbocycles. The van der Waals surface area contributed by atoms with E-state index in [4.69, 9.17) is 0 Å². The first-order valence-electron chi connectivity index (χ1n) is 6.56. The van der Waals surface area contributed by atoms with Crippen molar-refractivity contribution in [2.24, 2.45) is 0 Å². The largest absolute Gasteiger partial charge is 0.330 e. The third-order valence-electron chi connectivity index (χ3n) is 3.17. The molecular weight excluding hydrogens is 240 g/mol. The number of aryl methyl sites for hydroxylation is 2. The van der Waals surface area contributed by atoms with E-state index in [-0.39, 0.29) is 11.2 Å². The van der Waals surface area contributed by atoms with Gasteiger partial charge in [0.05, 0.1) is 0 Å². The Hall–Kier alpha value is -2.10. The van der Waals surface area contributed by atoms with E-state index in [0.29, 0.717) is 13.1 Å². The molecule has 1 aromatic heterocycles. The topological polar surface area (TPSA) is 44.0 Å². The molecule has 2 aromatic rings. The summed E-state index contributed by atoms with van der Waals surface area (Å²) in [4.78, 5) is 23.7. The van der Waals surface area contributed by atoms with E-state index in [9.17, 15) is 9.59 Å². The van der Waals surface area contributed by atoms with Gasteiger partial charge in [-0.1, -0.05) is 30.3 Å². The number of hydrogen-bond donors (Lipinski definition) is 0. The van der Waals surface area contributed by atoms with Crippen molar-refractivity contribution in [2.75, 3.05) is 0 Å². The zero-order chi connectivity index (χ0) is 13.7. The smallest absolute Gasteiger partial charge is 0.301 e. The summed E-state index contributed by atoms with van der Waals surface area (Å²) in [6, 6.07) is 11.5. The van der Waals surface area contributed by atoms with Gasteiger partial charge in [0.1, 0.15) is 0 Å². The molecule has 1 heterocycles. The van der Waals surface area contributed by atoms with Gasteiger partial charge in [-0.25, -0.2) is 4.79 Å². The van der Waals surface area contributed by atoms with E-state index in [2.05, 4.69) is 12.1 Å². The first-order chi connectivity index (χ1) is 9.22. The van der Waals surface area contributed by atoms with Gasteiger partial charge in [-0.05, 0) is 25.3 Å². The zero-order valence-electron chi connectivity index (χ0n) is 11.1. The highest BCUT2D eigenvalue weighted by atomic mass is 16.2. The third kappa shape index (κ3) is 3.22. The normalized spacial score (nSPS) is 10.6. The molecule has 0 amide bonds. The van der Waals surface area contributed by atoms with Gasteiger partial charge >= 0.3 is 5.69 Å². The lowest BCUT2D eigenvalue weighted by molar-refractivity contribution is 0.544. The van der Waals surface area contributed by atoms with Crippen LogP contribution in [0.2, 0.25) is 0 Å². The molecule has 0 spiro atoms. The van der Waals surface area contributed by atoms with E-state index in [1.165, 1.54) is 16.2 Å². The van der Waals surface area contributed by atoms with E-state index in [1.54, 1.807) is 10.8 Å². The van der Waals surface area contributed by atoms with E-state index < -0.39 is 0 Å². The molecule has 100 valence electrons. The van der Waals surface area contributed by atoms with Crippen molar-refractivity contribution in [3.05, 3.63) is 69.0 Å². The zero-order valence-corrected chi connectivity index (χ0v) is 11.1. The van der Waals surface area contributed by atoms with E-state index >= 15 is 0 Å². The number of hydrogen-bond acceptors (Lipinski definition) is 2. The van der Waals surface area contributed by atoms with Crippen molar-refractivity contribution in [3.63, 3.8) is 0 Å².